The summed E-state index contributed by atoms with van der Waals surface area (Å²) in [6.07, 6.45) is -1.36. The van der Waals surface area contributed by atoms with Crippen LogP contribution in [0.25, 0.3) is 11.1 Å². The highest BCUT2D eigenvalue weighted by atomic mass is 19.3. The van der Waals surface area contributed by atoms with Crippen LogP contribution >= 0.6 is 0 Å². The number of benzene rings is 5. The van der Waals surface area contributed by atoms with Crippen LogP contribution < -0.4 is 14.2 Å². The molecule has 0 aliphatic carbocycles. The fourth-order valence-corrected chi connectivity index (χ4v) is 6.27. The first-order valence-corrected chi connectivity index (χ1v) is 16.9. The van der Waals surface area contributed by atoms with Crippen molar-refractivity contribution >= 4 is 0 Å². The van der Waals surface area contributed by atoms with Crippen LogP contribution in [0.15, 0.2) is 97.1 Å². The summed E-state index contributed by atoms with van der Waals surface area (Å²) in [7, 11) is 0. The largest absolute Gasteiger partial charge is 0.488 e. The molecular weight excluding hydrogens is 689 g/mol. The second-order valence-corrected chi connectivity index (χ2v) is 12.6. The lowest BCUT2D eigenvalue weighted by Gasteiger charge is -2.30. The van der Waals surface area contributed by atoms with Gasteiger partial charge in [-0.25, -0.2) is 22.0 Å². The number of hydrogen-bond acceptors (Lipinski definition) is 4. The lowest BCUT2D eigenvalue weighted by Crippen LogP contribution is -2.25. The zero-order valence-electron chi connectivity index (χ0n) is 28.1. The second-order valence-electron chi connectivity index (χ2n) is 12.6. The number of rotatable bonds is 13. The Bertz CT molecular complexity index is 1870. The summed E-state index contributed by atoms with van der Waals surface area (Å²) in [6.45, 7) is 2.79. The molecule has 0 radical (unpaired) electrons. The Balaban J connectivity index is 1.43. The molecule has 0 amide bonds. The van der Waals surface area contributed by atoms with Crippen LogP contribution in [0.1, 0.15) is 61.0 Å². The van der Waals surface area contributed by atoms with Gasteiger partial charge < -0.3 is 18.9 Å². The highest BCUT2D eigenvalue weighted by Crippen LogP contribution is 2.46. The van der Waals surface area contributed by atoms with Gasteiger partial charge in [-0.2, -0.15) is 8.78 Å². The fraction of sp³-hybridized carbons (Fsp3) is 0.268. The van der Waals surface area contributed by atoms with Gasteiger partial charge in [0.05, 0.1) is 18.3 Å². The van der Waals surface area contributed by atoms with Crippen LogP contribution in [-0.4, -0.2) is 6.61 Å². The van der Waals surface area contributed by atoms with E-state index in [4.69, 9.17) is 14.2 Å². The van der Waals surface area contributed by atoms with E-state index in [2.05, 4.69) is 11.7 Å². The molecule has 0 spiro atoms. The van der Waals surface area contributed by atoms with E-state index in [9.17, 15) is 13.2 Å². The fourth-order valence-electron chi connectivity index (χ4n) is 6.27. The van der Waals surface area contributed by atoms with Crippen molar-refractivity contribution in [3.05, 3.63) is 148 Å². The zero-order valence-corrected chi connectivity index (χ0v) is 28.1. The van der Waals surface area contributed by atoms with Crippen molar-refractivity contribution in [2.45, 2.75) is 58.0 Å². The summed E-state index contributed by atoms with van der Waals surface area (Å²) in [4.78, 5) is 0. The summed E-state index contributed by atoms with van der Waals surface area (Å²) >= 11 is 0. The standard InChI is InChI=1S/C41H35F7O4/c1-2-9-25-14-15-35(49-22-25)28-18-36(50-23-26-10-5-3-6-11-26)38(37(19-28)51-24-27-12-7-4-8-13-27)29-16-31(42)39(32(43)17-29)41(47,48)52-30-20-33(44)40(46)34(45)21-30/h3-8,10-13,16-21,25,35H,2,9,14-15,22-24H2,1H3/t25?,35-/m0/s1. The van der Waals surface area contributed by atoms with Crippen molar-refractivity contribution in [2.75, 3.05) is 6.61 Å². The average Bonchev–Trinajstić information content (AvgIpc) is 3.12. The maximum absolute atomic E-state index is 15.7. The molecule has 1 heterocycles. The molecule has 2 atom stereocenters. The van der Waals surface area contributed by atoms with E-state index in [1.807, 2.05) is 60.7 Å². The SMILES string of the molecule is CCCC1CC[C@@H](c2cc(OCc3ccccc3)c(-c3cc(F)c(C(F)(F)Oc4cc(F)c(F)c(F)c4)c(F)c3)c(OCc3ccccc3)c2)OC1. The quantitative estimate of drug-likeness (QED) is 0.0895. The van der Waals surface area contributed by atoms with Gasteiger partial charge in [0.2, 0.25) is 0 Å². The Morgan fingerprint density at radius 1 is 0.692 bits per heavy atom. The van der Waals surface area contributed by atoms with Crippen molar-refractivity contribution in [1.82, 2.24) is 0 Å². The molecule has 1 unspecified atom stereocenters. The molecule has 0 aromatic heterocycles. The van der Waals surface area contributed by atoms with Gasteiger partial charge in [-0.1, -0.05) is 74.0 Å². The lowest BCUT2D eigenvalue weighted by atomic mass is 9.90. The smallest absolute Gasteiger partial charge is 0.432 e. The molecule has 52 heavy (non-hydrogen) atoms. The molecule has 0 N–H and O–H groups in total. The molecule has 5 aromatic carbocycles. The molecule has 1 aliphatic heterocycles. The van der Waals surface area contributed by atoms with E-state index < -0.39 is 46.5 Å². The van der Waals surface area contributed by atoms with Gasteiger partial charge >= 0.3 is 6.11 Å². The molecule has 5 aromatic rings. The van der Waals surface area contributed by atoms with E-state index in [0.717, 1.165) is 36.8 Å². The first kappa shape index (κ1) is 36.8. The maximum Gasteiger partial charge on any atom is 0.432 e. The predicted octanol–water partition coefficient (Wildman–Crippen LogP) is 11.6. The number of alkyl halides is 2. The van der Waals surface area contributed by atoms with E-state index in [1.54, 1.807) is 12.1 Å². The van der Waals surface area contributed by atoms with Crippen molar-refractivity contribution in [2.24, 2.45) is 5.92 Å². The van der Waals surface area contributed by atoms with Crippen molar-refractivity contribution in [1.29, 1.82) is 0 Å². The molecule has 272 valence electrons. The monoisotopic (exact) mass is 724 g/mol. The molecule has 0 saturated carbocycles. The first-order valence-electron chi connectivity index (χ1n) is 16.9. The first-order chi connectivity index (χ1) is 25.0. The average molecular weight is 725 g/mol. The predicted molar refractivity (Wildman–Crippen MR) is 181 cm³/mol. The molecule has 6 rings (SSSR count). The van der Waals surface area contributed by atoms with Crippen molar-refractivity contribution < 1.29 is 49.7 Å². The van der Waals surface area contributed by atoms with Crippen molar-refractivity contribution in [3.8, 4) is 28.4 Å². The topological polar surface area (TPSA) is 36.9 Å². The summed E-state index contributed by atoms with van der Waals surface area (Å²) in [5.74, 6) is -9.46. The number of halogens is 7. The summed E-state index contributed by atoms with van der Waals surface area (Å²) in [5, 5.41) is 0. The van der Waals surface area contributed by atoms with E-state index in [0.29, 0.717) is 30.2 Å². The molecule has 11 heteroatoms. The molecule has 0 bridgehead atoms. The van der Waals surface area contributed by atoms with Gasteiger partial charge in [-0.15, -0.1) is 0 Å². The minimum Gasteiger partial charge on any atom is -0.488 e. The van der Waals surface area contributed by atoms with Crippen LogP contribution in [0.4, 0.5) is 30.7 Å². The van der Waals surface area contributed by atoms with Crippen LogP contribution in [0.2, 0.25) is 0 Å². The number of hydrogen-bond donors (Lipinski definition) is 0. The molecule has 1 saturated heterocycles. The van der Waals surface area contributed by atoms with Gasteiger partial charge in [0.15, 0.2) is 17.5 Å². The summed E-state index contributed by atoms with van der Waals surface area (Å²) < 4.78 is 126. The van der Waals surface area contributed by atoms with Crippen LogP contribution in [0, 0.1) is 35.0 Å². The third-order valence-corrected chi connectivity index (χ3v) is 8.83. The highest BCUT2D eigenvalue weighted by Gasteiger charge is 2.42. The van der Waals surface area contributed by atoms with E-state index in [-0.39, 0.29) is 54.1 Å². The Hall–Kier alpha value is -5.03. The molecule has 1 fully saturated rings. The lowest BCUT2D eigenvalue weighted by molar-refractivity contribution is -0.189. The normalized spacial score (nSPS) is 16.1. The summed E-state index contributed by atoms with van der Waals surface area (Å²) in [5.41, 5.74) is 0.361. The minimum absolute atomic E-state index is 0.0548. The Morgan fingerprint density at radius 2 is 1.23 bits per heavy atom. The second kappa shape index (κ2) is 16.1. The van der Waals surface area contributed by atoms with E-state index >= 15 is 17.6 Å². The van der Waals surface area contributed by atoms with Gasteiger partial charge in [0.1, 0.15) is 47.7 Å². The van der Waals surface area contributed by atoms with E-state index in [1.165, 1.54) is 0 Å². The summed E-state index contributed by atoms with van der Waals surface area (Å²) in [6, 6.07) is 23.4. The maximum atomic E-state index is 15.7. The van der Waals surface area contributed by atoms with Crippen molar-refractivity contribution in [3.63, 3.8) is 0 Å². The Kier molecular flexibility index (Phi) is 11.4. The Morgan fingerprint density at radius 3 is 1.71 bits per heavy atom. The van der Waals surface area contributed by atoms with Gasteiger partial charge in [0, 0.05) is 12.1 Å². The van der Waals surface area contributed by atoms with Crippen LogP contribution in [0.5, 0.6) is 17.2 Å². The van der Waals surface area contributed by atoms with Gasteiger partial charge in [-0.05, 0) is 71.7 Å². The Labute approximate surface area is 296 Å². The molecular formula is C41H35F7O4. The zero-order chi connectivity index (χ0) is 36.8. The molecule has 1 aliphatic rings. The van der Waals surface area contributed by atoms with Gasteiger partial charge in [-0.3, -0.25) is 0 Å². The molecule has 4 nitrogen and oxygen atoms in total. The number of ether oxygens (including phenoxy) is 4. The van der Waals surface area contributed by atoms with Crippen LogP contribution in [0.3, 0.4) is 0 Å². The third kappa shape index (κ3) is 8.53. The van der Waals surface area contributed by atoms with Gasteiger partial charge in [0.25, 0.3) is 0 Å². The third-order valence-electron chi connectivity index (χ3n) is 8.83. The van der Waals surface area contributed by atoms with Crippen LogP contribution in [-0.2, 0) is 24.1 Å². The highest BCUT2D eigenvalue weighted by molar-refractivity contribution is 5.78. The minimum atomic E-state index is -4.76.